The molecule has 0 bridgehead atoms. The fraction of sp³-hybridized carbons (Fsp3) is 0. The van der Waals surface area contributed by atoms with Crippen LogP contribution in [0.25, 0.3) is 0 Å². The van der Waals surface area contributed by atoms with E-state index >= 15 is 0 Å². The van der Waals surface area contributed by atoms with Crippen molar-refractivity contribution >= 4 is 15.8 Å². The smallest absolute Gasteiger partial charge is 0.282 e. The maximum Gasteiger partial charge on any atom is 0.294 e. The molecule has 0 unspecified atom stereocenters. The van der Waals surface area contributed by atoms with Crippen LogP contribution in [0, 0.1) is 10.1 Å². The number of nitrogens with zero attached hydrogens (tertiary/aromatic N) is 1. The third-order valence-electron chi connectivity index (χ3n) is 1.35. The molecule has 0 atom stereocenters. The van der Waals surface area contributed by atoms with Crippen molar-refractivity contribution in [3.8, 4) is 0 Å². The van der Waals surface area contributed by atoms with Crippen LogP contribution < -0.4 is 0 Å². The van der Waals surface area contributed by atoms with Gasteiger partial charge in [-0.1, -0.05) is 0 Å². The van der Waals surface area contributed by atoms with Crippen molar-refractivity contribution in [2.75, 3.05) is 0 Å². The van der Waals surface area contributed by atoms with E-state index in [9.17, 15) is 18.5 Å². The molecular weight excluding hydrogens is 306 g/mol. The molecule has 0 spiro atoms. The van der Waals surface area contributed by atoms with E-state index in [2.05, 4.69) is 0 Å². The Morgan fingerprint density at radius 1 is 1.21 bits per heavy atom. The van der Waals surface area contributed by atoms with Crippen molar-refractivity contribution in [2.45, 2.75) is 4.90 Å². The van der Waals surface area contributed by atoms with Crippen LogP contribution in [0.2, 0.25) is 0 Å². The van der Waals surface area contributed by atoms with Crippen molar-refractivity contribution in [2.24, 2.45) is 0 Å². The largest absolute Gasteiger partial charge is 0.294 e. The zero-order valence-corrected chi connectivity index (χ0v) is 8.85. The molecule has 1 aromatic rings. The van der Waals surface area contributed by atoms with E-state index in [-0.39, 0.29) is 33.0 Å². The van der Waals surface area contributed by atoms with E-state index in [0.29, 0.717) is 0 Å². The zero-order valence-electron chi connectivity index (χ0n) is 6.55. The molecule has 6 nitrogen and oxygen atoms in total. The van der Waals surface area contributed by atoms with Gasteiger partial charge in [-0.15, -0.1) is 0 Å². The Bertz CT molecular complexity index is 426. The molecule has 0 saturated heterocycles. The van der Waals surface area contributed by atoms with Gasteiger partial charge in [0, 0.05) is 34.5 Å². The molecule has 0 aliphatic carbocycles. The number of hydrogen-bond donors (Lipinski definition) is 1. The maximum atomic E-state index is 10.5. The van der Waals surface area contributed by atoms with Crippen molar-refractivity contribution in [1.29, 1.82) is 0 Å². The monoisotopic (exact) mass is 310 g/mol. The van der Waals surface area contributed by atoms with Gasteiger partial charge in [0.1, 0.15) is 0 Å². The zero-order chi connectivity index (χ0) is 10.1. The Hall–Kier alpha value is -0.730. The van der Waals surface area contributed by atoms with Crippen LogP contribution in [-0.2, 0) is 32.5 Å². The van der Waals surface area contributed by atoms with Crippen LogP contribution in [0.1, 0.15) is 0 Å². The number of benzene rings is 1. The molecule has 0 fully saturated rings. The van der Waals surface area contributed by atoms with Gasteiger partial charge in [-0.05, 0) is 12.1 Å². The molecule has 0 aliphatic rings. The van der Waals surface area contributed by atoms with Crippen LogP contribution >= 0.6 is 0 Å². The summed E-state index contributed by atoms with van der Waals surface area (Å²) in [5.41, 5.74) is -0.229. The van der Waals surface area contributed by atoms with Crippen molar-refractivity contribution in [1.82, 2.24) is 0 Å². The Morgan fingerprint density at radius 3 is 1.93 bits per heavy atom. The predicted octanol–water partition coefficient (Wildman–Crippen LogP) is 0.839. The second kappa shape index (κ2) is 4.67. The minimum absolute atomic E-state index is 0. The molecule has 0 heterocycles. The molecule has 1 aromatic carbocycles. The number of non-ortho nitro benzene ring substituents is 1. The number of hydrogen-bond acceptors (Lipinski definition) is 4. The molecule has 1 rings (SSSR count). The van der Waals surface area contributed by atoms with Crippen molar-refractivity contribution in [3.63, 3.8) is 0 Å². The van der Waals surface area contributed by atoms with Crippen molar-refractivity contribution in [3.05, 3.63) is 34.4 Å². The van der Waals surface area contributed by atoms with E-state index < -0.39 is 15.0 Å². The van der Waals surface area contributed by atoms with Gasteiger partial charge in [-0.25, -0.2) is 0 Å². The fourth-order valence-corrected chi connectivity index (χ4v) is 1.22. The Labute approximate surface area is 95.3 Å². The van der Waals surface area contributed by atoms with Crippen LogP contribution in [0.15, 0.2) is 29.2 Å². The summed E-state index contributed by atoms with van der Waals surface area (Å²) in [5, 5.41) is 10.2. The molecular formula is C6H5AgNO5S. The second-order valence-electron chi connectivity index (χ2n) is 2.23. The molecule has 81 valence electrons. The SMILES string of the molecule is O=[N+]([O-])c1ccc(S(=O)(=O)O)cc1.[Ag]. The number of rotatable bonds is 2. The summed E-state index contributed by atoms with van der Waals surface area (Å²) in [7, 11) is -4.27. The van der Waals surface area contributed by atoms with E-state index in [1.165, 1.54) is 0 Å². The average Bonchev–Trinajstić information content (AvgIpc) is 2.03. The first-order valence-electron chi connectivity index (χ1n) is 3.13. The van der Waals surface area contributed by atoms with Gasteiger partial charge in [0.05, 0.1) is 9.82 Å². The first-order chi connectivity index (χ1) is 5.91. The minimum atomic E-state index is -4.27. The Morgan fingerprint density at radius 2 is 1.64 bits per heavy atom. The van der Waals surface area contributed by atoms with Crippen LogP contribution in [0.3, 0.4) is 0 Å². The molecule has 0 aliphatic heterocycles. The van der Waals surface area contributed by atoms with Gasteiger partial charge in [0.2, 0.25) is 0 Å². The predicted molar refractivity (Wildman–Crippen MR) is 42.9 cm³/mol. The fourth-order valence-electron chi connectivity index (χ4n) is 0.740. The average molecular weight is 311 g/mol. The topological polar surface area (TPSA) is 97.5 Å². The van der Waals surface area contributed by atoms with Gasteiger partial charge in [0.25, 0.3) is 15.8 Å². The summed E-state index contributed by atoms with van der Waals surface area (Å²) in [4.78, 5) is 9.13. The van der Waals surface area contributed by atoms with E-state index in [1.807, 2.05) is 0 Å². The van der Waals surface area contributed by atoms with Gasteiger partial charge < -0.3 is 0 Å². The standard InChI is InChI=1S/C6H5NO5S.Ag/c8-7(9)5-1-3-6(4-2-5)13(10,11)12;/h1-4H,(H,10,11,12);. The van der Waals surface area contributed by atoms with E-state index in [1.54, 1.807) is 0 Å². The first kappa shape index (κ1) is 13.3. The molecule has 0 saturated carbocycles. The third-order valence-corrected chi connectivity index (χ3v) is 2.21. The number of nitro groups is 1. The summed E-state index contributed by atoms with van der Waals surface area (Å²) < 4.78 is 29.5. The molecule has 14 heavy (non-hydrogen) atoms. The molecule has 0 aromatic heterocycles. The summed E-state index contributed by atoms with van der Waals surface area (Å²) in [6.45, 7) is 0. The maximum absolute atomic E-state index is 10.5. The number of nitro benzene ring substituents is 1. The molecule has 0 amide bonds. The summed E-state index contributed by atoms with van der Waals surface area (Å²) >= 11 is 0. The van der Waals surface area contributed by atoms with E-state index in [0.717, 1.165) is 24.3 Å². The minimum Gasteiger partial charge on any atom is -0.282 e. The normalized spacial score (nSPS) is 10.4. The van der Waals surface area contributed by atoms with Gasteiger partial charge in [-0.2, -0.15) is 8.42 Å². The Kier molecular flexibility index (Phi) is 4.43. The quantitative estimate of drug-likeness (QED) is 0.378. The van der Waals surface area contributed by atoms with Crippen molar-refractivity contribution < 1.29 is 40.3 Å². The summed E-state index contributed by atoms with van der Waals surface area (Å²) in [6, 6.07) is 3.94. The van der Waals surface area contributed by atoms with Gasteiger partial charge >= 0.3 is 0 Å². The van der Waals surface area contributed by atoms with Crippen LogP contribution in [0.4, 0.5) is 5.69 Å². The van der Waals surface area contributed by atoms with Gasteiger partial charge in [0.15, 0.2) is 0 Å². The Balaban J connectivity index is 0.00000169. The molecule has 1 N–H and O–H groups in total. The summed E-state index contributed by atoms with van der Waals surface area (Å²) in [6.07, 6.45) is 0. The first-order valence-corrected chi connectivity index (χ1v) is 4.57. The van der Waals surface area contributed by atoms with E-state index in [4.69, 9.17) is 4.55 Å². The summed E-state index contributed by atoms with van der Waals surface area (Å²) in [5.74, 6) is 0. The van der Waals surface area contributed by atoms with Crippen LogP contribution in [-0.4, -0.2) is 17.9 Å². The van der Waals surface area contributed by atoms with Crippen LogP contribution in [0.5, 0.6) is 0 Å². The second-order valence-corrected chi connectivity index (χ2v) is 3.65. The molecule has 8 heteroatoms. The van der Waals surface area contributed by atoms with Gasteiger partial charge in [-0.3, -0.25) is 14.7 Å². The third kappa shape index (κ3) is 3.20. The molecule has 1 radical (unpaired) electrons.